The van der Waals surface area contributed by atoms with Crippen LogP contribution in [0.15, 0.2) is 22.7 Å². The summed E-state index contributed by atoms with van der Waals surface area (Å²) in [6, 6.07) is 5.78. The first-order valence-corrected chi connectivity index (χ1v) is 8.26. The number of hydrogen-bond acceptors (Lipinski definition) is 3. The Balaban J connectivity index is 1.80. The third-order valence-corrected chi connectivity index (χ3v) is 4.95. The summed E-state index contributed by atoms with van der Waals surface area (Å²) in [5.74, 6) is -0.139. The van der Waals surface area contributed by atoms with E-state index in [1.807, 2.05) is 25.1 Å². The van der Waals surface area contributed by atoms with Gasteiger partial charge in [0.1, 0.15) is 0 Å². The number of hydrogen-bond donors (Lipinski definition) is 2. The first-order chi connectivity index (χ1) is 10.5. The van der Waals surface area contributed by atoms with Crippen molar-refractivity contribution in [1.82, 2.24) is 0 Å². The Labute approximate surface area is 139 Å². The van der Waals surface area contributed by atoms with Crippen LogP contribution in [0.2, 0.25) is 0 Å². The average Bonchev–Trinajstić information content (AvgIpc) is 2.51. The van der Waals surface area contributed by atoms with Gasteiger partial charge in [-0.3, -0.25) is 9.59 Å². The number of aryl methyl sites for hydroxylation is 1. The van der Waals surface area contributed by atoms with E-state index in [-0.39, 0.29) is 17.8 Å². The van der Waals surface area contributed by atoms with Gasteiger partial charge in [-0.2, -0.15) is 0 Å². The number of ether oxygens (including phenoxy) is 1. The van der Waals surface area contributed by atoms with Crippen molar-refractivity contribution in [2.75, 3.05) is 32.1 Å². The number of quaternary nitrogens is 1. The van der Waals surface area contributed by atoms with Gasteiger partial charge in [0.2, 0.25) is 0 Å². The number of carbonyl (C=O) groups is 2. The third kappa shape index (κ3) is 4.55. The average molecular weight is 370 g/mol. The molecule has 2 rings (SSSR count). The number of carbonyl (C=O) groups excluding carboxylic acids is 2. The zero-order valence-corrected chi connectivity index (χ0v) is 14.5. The van der Waals surface area contributed by atoms with E-state index in [1.54, 1.807) is 0 Å². The van der Waals surface area contributed by atoms with Crippen molar-refractivity contribution >= 4 is 33.5 Å². The first kappa shape index (κ1) is 17.0. The predicted molar refractivity (Wildman–Crippen MR) is 87.8 cm³/mol. The molecule has 0 radical (unpaired) electrons. The van der Waals surface area contributed by atoms with Gasteiger partial charge in [-0.25, -0.2) is 0 Å². The molecule has 1 amide bonds. The molecule has 0 aromatic heterocycles. The fraction of sp³-hybridized carbons (Fsp3) is 0.500. The quantitative estimate of drug-likeness (QED) is 0.783. The Bertz CT molecular complexity index is 554. The molecule has 0 saturated carbocycles. The molecular weight excluding hydrogens is 348 g/mol. The number of rotatable bonds is 4. The summed E-state index contributed by atoms with van der Waals surface area (Å²) in [5.41, 5.74) is 1.93. The molecule has 1 heterocycles. The Morgan fingerprint density at radius 3 is 2.64 bits per heavy atom. The van der Waals surface area contributed by atoms with E-state index in [0.29, 0.717) is 6.54 Å². The minimum Gasteiger partial charge on any atom is -0.469 e. The van der Waals surface area contributed by atoms with Gasteiger partial charge in [-0.15, -0.1) is 0 Å². The SMILES string of the molecule is COC(=O)C1CC[NH+](CC(=O)Nc2ccc(C)c(Br)c2)CC1. The number of halogens is 1. The number of anilines is 1. The van der Waals surface area contributed by atoms with Gasteiger partial charge in [0.25, 0.3) is 5.91 Å². The lowest BCUT2D eigenvalue weighted by Gasteiger charge is -2.27. The summed E-state index contributed by atoms with van der Waals surface area (Å²) < 4.78 is 5.76. The van der Waals surface area contributed by atoms with E-state index in [0.717, 1.165) is 41.7 Å². The van der Waals surface area contributed by atoms with Crippen LogP contribution in [0.3, 0.4) is 0 Å². The van der Waals surface area contributed by atoms with Crippen molar-refractivity contribution in [3.8, 4) is 0 Å². The largest absolute Gasteiger partial charge is 0.469 e. The van der Waals surface area contributed by atoms with E-state index in [9.17, 15) is 9.59 Å². The lowest BCUT2D eigenvalue weighted by molar-refractivity contribution is -0.897. The molecule has 5 nitrogen and oxygen atoms in total. The molecule has 1 aromatic rings. The molecule has 1 saturated heterocycles. The number of amides is 1. The van der Waals surface area contributed by atoms with E-state index in [4.69, 9.17) is 4.74 Å². The molecule has 1 fully saturated rings. The first-order valence-electron chi connectivity index (χ1n) is 7.47. The second-order valence-electron chi connectivity index (χ2n) is 5.74. The highest BCUT2D eigenvalue weighted by Crippen LogP contribution is 2.20. The smallest absolute Gasteiger partial charge is 0.309 e. The van der Waals surface area contributed by atoms with E-state index >= 15 is 0 Å². The molecule has 2 N–H and O–H groups in total. The second kappa shape index (κ2) is 7.74. The Kier molecular flexibility index (Phi) is 5.97. The number of benzene rings is 1. The van der Waals surface area contributed by atoms with Gasteiger partial charge in [0.15, 0.2) is 6.54 Å². The van der Waals surface area contributed by atoms with Crippen molar-refractivity contribution in [2.45, 2.75) is 19.8 Å². The van der Waals surface area contributed by atoms with Crippen LogP contribution in [0.1, 0.15) is 18.4 Å². The Morgan fingerprint density at radius 2 is 2.05 bits per heavy atom. The highest BCUT2D eigenvalue weighted by Gasteiger charge is 2.28. The van der Waals surface area contributed by atoms with Crippen molar-refractivity contribution in [1.29, 1.82) is 0 Å². The van der Waals surface area contributed by atoms with Gasteiger partial charge in [0.05, 0.1) is 26.1 Å². The van der Waals surface area contributed by atoms with Gasteiger partial charge in [0, 0.05) is 23.0 Å². The minimum atomic E-state index is -0.131. The zero-order valence-electron chi connectivity index (χ0n) is 12.9. The lowest BCUT2D eigenvalue weighted by atomic mass is 9.97. The topological polar surface area (TPSA) is 59.8 Å². The van der Waals surface area contributed by atoms with Gasteiger partial charge in [-0.05, 0) is 24.6 Å². The summed E-state index contributed by atoms with van der Waals surface area (Å²) in [7, 11) is 1.43. The van der Waals surface area contributed by atoms with Gasteiger partial charge < -0.3 is 15.0 Å². The minimum absolute atomic E-state index is 0.00210. The summed E-state index contributed by atoms with van der Waals surface area (Å²) in [6.07, 6.45) is 1.57. The van der Waals surface area contributed by atoms with Crippen LogP contribution in [0.5, 0.6) is 0 Å². The maximum atomic E-state index is 12.1. The number of piperidine rings is 1. The standard InChI is InChI=1S/C16H21BrN2O3/c1-11-3-4-13(9-14(11)17)18-15(20)10-19-7-5-12(6-8-19)16(21)22-2/h3-4,9,12H,5-8,10H2,1-2H3,(H,18,20)/p+1. The maximum Gasteiger partial charge on any atom is 0.309 e. The Hall–Kier alpha value is -1.40. The van der Waals surface area contributed by atoms with Crippen LogP contribution in [-0.2, 0) is 14.3 Å². The fourth-order valence-corrected chi connectivity index (χ4v) is 3.09. The van der Waals surface area contributed by atoms with Crippen LogP contribution in [0.25, 0.3) is 0 Å². The molecule has 0 aliphatic carbocycles. The third-order valence-electron chi connectivity index (χ3n) is 4.09. The molecule has 120 valence electrons. The molecule has 1 aliphatic rings. The highest BCUT2D eigenvalue weighted by atomic mass is 79.9. The van der Waals surface area contributed by atoms with Crippen molar-refractivity contribution in [2.24, 2.45) is 5.92 Å². The summed E-state index contributed by atoms with van der Waals surface area (Å²) in [6.45, 7) is 4.08. The van der Waals surface area contributed by atoms with Crippen LogP contribution in [0, 0.1) is 12.8 Å². The number of esters is 1. The monoisotopic (exact) mass is 369 g/mol. The number of nitrogens with one attached hydrogen (secondary N) is 2. The molecule has 22 heavy (non-hydrogen) atoms. The summed E-state index contributed by atoms with van der Waals surface area (Å²) in [5, 5.41) is 2.92. The lowest BCUT2D eigenvalue weighted by Crippen LogP contribution is -3.14. The second-order valence-corrected chi connectivity index (χ2v) is 6.59. The van der Waals surface area contributed by atoms with Gasteiger partial charge in [-0.1, -0.05) is 22.0 Å². The number of likely N-dealkylation sites (tertiary alicyclic amines) is 1. The molecule has 1 aliphatic heterocycles. The molecule has 0 unspecified atom stereocenters. The fourth-order valence-electron chi connectivity index (χ4n) is 2.71. The molecule has 0 atom stereocenters. The van der Waals surface area contributed by atoms with Crippen molar-refractivity contribution in [3.05, 3.63) is 28.2 Å². The molecule has 0 bridgehead atoms. The maximum absolute atomic E-state index is 12.1. The van der Waals surface area contributed by atoms with Crippen LogP contribution in [0.4, 0.5) is 5.69 Å². The van der Waals surface area contributed by atoms with Crippen LogP contribution in [-0.4, -0.2) is 38.6 Å². The van der Waals surface area contributed by atoms with Crippen LogP contribution >= 0.6 is 15.9 Å². The van der Waals surface area contributed by atoms with E-state index in [2.05, 4.69) is 21.2 Å². The summed E-state index contributed by atoms with van der Waals surface area (Å²) in [4.78, 5) is 24.8. The molecular formula is C16H22BrN2O3+. The predicted octanol–water partition coefficient (Wildman–Crippen LogP) is 1.16. The summed E-state index contributed by atoms with van der Waals surface area (Å²) >= 11 is 3.46. The van der Waals surface area contributed by atoms with Gasteiger partial charge >= 0.3 is 5.97 Å². The molecule has 1 aromatic carbocycles. The van der Waals surface area contributed by atoms with Crippen molar-refractivity contribution < 1.29 is 19.2 Å². The highest BCUT2D eigenvalue weighted by molar-refractivity contribution is 9.10. The van der Waals surface area contributed by atoms with Crippen molar-refractivity contribution in [3.63, 3.8) is 0 Å². The zero-order chi connectivity index (χ0) is 16.1. The molecule has 6 heteroatoms. The normalized spacial score (nSPS) is 21.2. The molecule has 0 spiro atoms. The van der Waals surface area contributed by atoms with E-state index in [1.165, 1.54) is 12.0 Å². The Morgan fingerprint density at radius 1 is 1.36 bits per heavy atom. The number of methoxy groups -OCH3 is 1. The van der Waals surface area contributed by atoms with E-state index < -0.39 is 0 Å². The van der Waals surface area contributed by atoms with Crippen LogP contribution < -0.4 is 10.2 Å².